The Bertz CT molecular complexity index is 437. The van der Waals surface area contributed by atoms with Crippen molar-refractivity contribution in [3.05, 3.63) is 48.5 Å². The molecule has 2 rings (SSSR count). The van der Waals surface area contributed by atoms with Crippen molar-refractivity contribution in [1.82, 2.24) is 4.98 Å². The van der Waals surface area contributed by atoms with Gasteiger partial charge in [0, 0.05) is 5.39 Å². The number of fused-ring (bicyclic) bond motifs is 1. The van der Waals surface area contributed by atoms with Gasteiger partial charge in [-0.05, 0) is 30.7 Å². The molecule has 2 heteroatoms. The van der Waals surface area contributed by atoms with Gasteiger partial charge >= 0.3 is 0 Å². The maximum atomic E-state index is 8.88. The highest BCUT2D eigenvalue weighted by Crippen LogP contribution is 2.14. The third-order valence-electron chi connectivity index (χ3n) is 1.97. The van der Waals surface area contributed by atoms with Crippen LogP contribution in [0.4, 0.5) is 0 Å². The molecule has 0 aliphatic rings. The lowest BCUT2D eigenvalue weighted by Gasteiger charge is -2.00. The van der Waals surface area contributed by atoms with Gasteiger partial charge in [-0.3, -0.25) is 4.98 Å². The van der Waals surface area contributed by atoms with Gasteiger partial charge in [0.25, 0.3) is 0 Å². The Hall–Kier alpha value is -1.41. The third-order valence-corrected chi connectivity index (χ3v) is 1.97. The molecule has 2 aromatic rings. The molecule has 0 amide bonds. The van der Waals surface area contributed by atoms with Gasteiger partial charge in [-0.1, -0.05) is 12.1 Å². The summed E-state index contributed by atoms with van der Waals surface area (Å²) in [6.45, 7) is 3.82. The lowest BCUT2D eigenvalue weighted by Crippen LogP contribution is -1.89. The van der Waals surface area contributed by atoms with Crippen molar-refractivity contribution in [3.8, 4) is 0 Å². The van der Waals surface area contributed by atoms with Gasteiger partial charge < -0.3 is 5.11 Å². The number of pyridine rings is 1. The predicted molar refractivity (Wildman–Crippen MR) is 52.1 cm³/mol. The number of hydrogen-bond acceptors (Lipinski definition) is 2. The Morgan fingerprint density at radius 1 is 1.23 bits per heavy atom. The van der Waals surface area contributed by atoms with E-state index in [1.165, 1.54) is 0 Å². The van der Waals surface area contributed by atoms with E-state index in [0.29, 0.717) is 5.69 Å². The van der Waals surface area contributed by atoms with Crippen LogP contribution >= 0.6 is 0 Å². The second-order valence-corrected chi connectivity index (χ2v) is 2.99. The summed E-state index contributed by atoms with van der Waals surface area (Å²) in [5, 5.41) is 9.94. The summed E-state index contributed by atoms with van der Waals surface area (Å²) < 4.78 is 0. The molecular weight excluding hydrogens is 162 g/mol. The summed E-state index contributed by atoms with van der Waals surface area (Å²) in [5.41, 5.74) is 2.58. The lowest BCUT2D eigenvalue weighted by atomic mass is 10.1. The van der Waals surface area contributed by atoms with E-state index in [2.05, 4.69) is 11.9 Å². The fourth-order valence-electron chi connectivity index (χ4n) is 1.31. The number of benzene rings is 1. The van der Waals surface area contributed by atoms with Crippen LogP contribution in [0, 0.1) is 6.92 Å². The normalized spacial score (nSPS) is 10.6. The minimum atomic E-state index is -0.0118. The molecule has 0 unspecified atom stereocenters. The van der Waals surface area contributed by atoms with E-state index < -0.39 is 0 Å². The minimum Gasteiger partial charge on any atom is -0.390 e. The number of rotatable bonds is 1. The van der Waals surface area contributed by atoms with E-state index in [9.17, 15) is 0 Å². The van der Waals surface area contributed by atoms with Crippen molar-refractivity contribution >= 4 is 10.9 Å². The van der Waals surface area contributed by atoms with E-state index in [-0.39, 0.29) is 6.61 Å². The third kappa shape index (κ3) is 1.53. The van der Waals surface area contributed by atoms with Crippen LogP contribution in [0.3, 0.4) is 0 Å². The molecule has 0 spiro atoms. The fourth-order valence-corrected chi connectivity index (χ4v) is 1.31. The smallest absolute Gasteiger partial charge is 0.0853 e. The summed E-state index contributed by atoms with van der Waals surface area (Å²) in [7, 11) is 0. The van der Waals surface area contributed by atoms with Gasteiger partial charge in [0.2, 0.25) is 0 Å². The second-order valence-electron chi connectivity index (χ2n) is 2.99. The van der Waals surface area contributed by atoms with Gasteiger partial charge in [-0.2, -0.15) is 0 Å². The van der Waals surface area contributed by atoms with Crippen molar-refractivity contribution in [2.75, 3.05) is 0 Å². The zero-order chi connectivity index (χ0) is 9.26. The van der Waals surface area contributed by atoms with Crippen molar-refractivity contribution in [1.29, 1.82) is 0 Å². The highest BCUT2D eigenvalue weighted by molar-refractivity contribution is 5.79. The van der Waals surface area contributed by atoms with Crippen molar-refractivity contribution in [2.24, 2.45) is 0 Å². The van der Waals surface area contributed by atoms with Crippen molar-refractivity contribution in [3.63, 3.8) is 0 Å². The summed E-state index contributed by atoms with van der Waals surface area (Å²) in [6.07, 6.45) is 0. The van der Waals surface area contributed by atoms with E-state index in [4.69, 9.17) is 5.11 Å². The molecule has 1 radical (unpaired) electrons. The largest absolute Gasteiger partial charge is 0.390 e. The topological polar surface area (TPSA) is 33.1 Å². The SMILES string of the molecule is [CH2]c1ccc2nc(CO)ccc2c1. The predicted octanol–water partition coefficient (Wildman–Crippen LogP) is 1.91. The van der Waals surface area contributed by atoms with Crippen molar-refractivity contribution < 1.29 is 5.11 Å². The molecule has 2 nitrogen and oxygen atoms in total. The molecule has 0 aliphatic carbocycles. The first-order valence-electron chi connectivity index (χ1n) is 4.12. The van der Waals surface area contributed by atoms with Crippen LogP contribution < -0.4 is 0 Å². The van der Waals surface area contributed by atoms with Crippen LogP contribution in [0.15, 0.2) is 30.3 Å². The van der Waals surface area contributed by atoms with Crippen LogP contribution in [-0.2, 0) is 6.61 Å². The average molecular weight is 172 g/mol. The van der Waals surface area contributed by atoms with E-state index in [0.717, 1.165) is 16.5 Å². The monoisotopic (exact) mass is 172 g/mol. The maximum absolute atomic E-state index is 8.88. The molecule has 0 fully saturated rings. The summed E-state index contributed by atoms with van der Waals surface area (Å²) in [5.74, 6) is 0. The first kappa shape index (κ1) is 8.20. The zero-order valence-corrected chi connectivity index (χ0v) is 7.20. The summed E-state index contributed by atoms with van der Waals surface area (Å²) in [4.78, 5) is 4.26. The number of aliphatic hydroxyl groups is 1. The Morgan fingerprint density at radius 2 is 2.08 bits per heavy atom. The van der Waals surface area contributed by atoms with Crippen molar-refractivity contribution in [2.45, 2.75) is 6.61 Å². The van der Waals surface area contributed by atoms with Crippen LogP contribution in [0.2, 0.25) is 0 Å². The molecule has 13 heavy (non-hydrogen) atoms. The molecule has 0 saturated carbocycles. The first-order valence-corrected chi connectivity index (χ1v) is 4.12. The Labute approximate surface area is 76.9 Å². The maximum Gasteiger partial charge on any atom is 0.0853 e. The molecule has 1 heterocycles. The second kappa shape index (κ2) is 3.15. The average Bonchev–Trinajstić information content (AvgIpc) is 2.17. The van der Waals surface area contributed by atoms with E-state index >= 15 is 0 Å². The number of nitrogens with zero attached hydrogens (tertiary/aromatic N) is 1. The molecule has 1 aromatic heterocycles. The van der Waals surface area contributed by atoms with Crippen LogP contribution in [0.5, 0.6) is 0 Å². The zero-order valence-electron chi connectivity index (χ0n) is 7.20. The fraction of sp³-hybridized carbons (Fsp3) is 0.0909. The van der Waals surface area contributed by atoms with Gasteiger partial charge in [0.15, 0.2) is 0 Å². The molecular formula is C11H10NO. The highest BCUT2D eigenvalue weighted by atomic mass is 16.3. The standard InChI is InChI=1S/C11H10NO/c1-8-2-5-11-9(6-8)3-4-10(7-13)12-11/h2-6,13H,1,7H2. The molecule has 1 N–H and O–H groups in total. The van der Waals surface area contributed by atoms with Crippen LogP contribution in [-0.4, -0.2) is 10.1 Å². The number of hydrogen-bond donors (Lipinski definition) is 1. The summed E-state index contributed by atoms with van der Waals surface area (Å²) in [6, 6.07) is 9.57. The molecule has 0 atom stereocenters. The highest BCUT2D eigenvalue weighted by Gasteiger charge is 1.96. The van der Waals surface area contributed by atoms with Crippen LogP contribution in [0.25, 0.3) is 10.9 Å². The molecule has 0 saturated heterocycles. The number of aromatic nitrogens is 1. The van der Waals surface area contributed by atoms with Crippen LogP contribution in [0.1, 0.15) is 11.3 Å². The quantitative estimate of drug-likeness (QED) is 0.712. The molecule has 65 valence electrons. The molecule has 0 aliphatic heterocycles. The van der Waals surface area contributed by atoms with E-state index in [1.807, 2.05) is 30.3 Å². The van der Waals surface area contributed by atoms with Gasteiger partial charge in [0.05, 0.1) is 17.8 Å². The number of aliphatic hydroxyl groups excluding tert-OH is 1. The molecule has 1 aromatic carbocycles. The minimum absolute atomic E-state index is 0.0118. The first-order chi connectivity index (χ1) is 6.29. The van der Waals surface area contributed by atoms with Gasteiger partial charge in [0.1, 0.15) is 0 Å². The van der Waals surface area contributed by atoms with Gasteiger partial charge in [-0.15, -0.1) is 0 Å². The summed E-state index contributed by atoms with van der Waals surface area (Å²) >= 11 is 0. The Kier molecular flexibility index (Phi) is 1.99. The Morgan fingerprint density at radius 3 is 2.85 bits per heavy atom. The molecule has 0 bridgehead atoms. The lowest BCUT2D eigenvalue weighted by molar-refractivity contribution is 0.277. The van der Waals surface area contributed by atoms with Gasteiger partial charge in [-0.25, -0.2) is 0 Å². The Balaban J connectivity index is 2.66. The van der Waals surface area contributed by atoms with E-state index in [1.54, 1.807) is 0 Å².